The average molecular weight is 496 g/mol. The number of rotatable bonds is 8. The van der Waals surface area contributed by atoms with E-state index in [2.05, 4.69) is 35.3 Å². The van der Waals surface area contributed by atoms with Gasteiger partial charge in [-0.25, -0.2) is 0 Å². The lowest BCUT2D eigenvalue weighted by Crippen LogP contribution is -2.39. The highest BCUT2D eigenvalue weighted by atomic mass is 32.2. The summed E-state index contributed by atoms with van der Waals surface area (Å²) in [4.78, 5) is 15.4. The number of aliphatic hydroxyl groups is 1. The van der Waals surface area contributed by atoms with Crippen molar-refractivity contribution in [2.45, 2.75) is 81.3 Å². The van der Waals surface area contributed by atoms with Gasteiger partial charge in [-0.15, -0.1) is 18.2 Å². The Labute approximate surface area is 213 Å². The van der Waals surface area contributed by atoms with E-state index in [0.29, 0.717) is 17.5 Å². The first-order valence-corrected chi connectivity index (χ1v) is 14.0. The molecule has 5 nitrogen and oxygen atoms in total. The van der Waals surface area contributed by atoms with Gasteiger partial charge in [0.25, 0.3) is 0 Å². The topological polar surface area (TPSA) is 59.0 Å². The summed E-state index contributed by atoms with van der Waals surface area (Å²) >= 11 is 1.84. The van der Waals surface area contributed by atoms with Crippen molar-refractivity contribution in [2.24, 2.45) is 11.8 Å². The van der Waals surface area contributed by atoms with Gasteiger partial charge in [0.15, 0.2) is 11.5 Å². The van der Waals surface area contributed by atoms with Crippen LogP contribution in [0.15, 0.2) is 23.6 Å². The molecule has 1 aromatic carbocycles. The fourth-order valence-corrected chi connectivity index (χ4v) is 7.73. The summed E-state index contributed by atoms with van der Waals surface area (Å²) in [5.41, 5.74) is 2.28. The number of methoxy groups -OCH3 is 1. The third-order valence-corrected chi connectivity index (χ3v) is 9.88. The minimum atomic E-state index is -0.823. The van der Waals surface area contributed by atoms with Crippen molar-refractivity contribution in [3.8, 4) is 23.8 Å². The molecule has 6 heteroatoms. The molecule has 6 atom stereocenters. The van der Waals surface area contributed by atoms with Crippen molar-refractivity contribution in [3.05, 3.63) is 34.7 Å². The van der Waals surface area contributed by atoms with E-state index in [0.717, 1.165) is 63.2 Å². The van der Waals surface area contributed by atoms with E-state index in [1.165, 1.54) is 17.5 Å². The standard InChI is InChI=1S/C29H37NO4S/c1-4-21(31)17-25-29(2)13-15-30(18-20-8-10-23(33-3)28(34-25)26(20)29)14-6-5-7-19-9-11-24-22(27(19)32)12-16-35-24/h1,8,10,12,16,19,21-22,24-25,31H,5-7,9,11,13-15,17-18H2,2-3H3/t19?,21?,22?,24?,25-,29-/m0/s1. The molecule has 1 aliphatic carbocycles. The van der Waals surface area contributed by atoms with Gasteiger partial charge in [0.05, 0.1) is 7.11 Å². The number of unbranched alkanes of at least 4 members (excludes halogenated alkanes) is 1. The number of nitrogens with zero attached hydrogens (tertiary/aromatic N) is 1. The maximum Gasteiger partial charge on any atom is 0.165 e. The van der Waals surface area contributed by atoms with Crippen LogP contribution in [-0.2, 0) is 16.8 Å². The van der Waals surface area contributed by atoms with Crippen LogP contribution in [-0.4, -0.2) is 53.4 Å². The molecule has 1 aromatic rings. The number of Topliss-reactive ketones (excluding diaryl/α,β-unsaturated/α-hetero) is 1. The Morgan fingerprint density at radius 2 is 2.23 bits per heavy atom. The summed E-state index contributed by atoms with van der Waals surface area (Å²) in [6, 6.07) is 4.16. The molecule has 1 N–H and O–H groups in total. The lowest BCUT2D eigenvalue weighted by Gasteiger charge is -2.31. The Kier molecular flexibility index (Phi) is 7.21. The first-order chi connectivity index (χ1) is 16.9. The number of thioether (sulfide) groups is 1. The number of hydrogen-bond acceptors (Lipinski definition) is 6. The number of hydrogen-bond donors (Lipinski definition) is 1. The fourth-order valence-electron chi connectivity index (χ4n) is 6.60. The summed E-state index contributed by atoms with van der Waals surface area (Å²) in [5.74, 6) is 4.90. The molecule has 3 heterocycles. The van der Waals surface area contributed by atoms with Gasteiger partial charge >= 0.3 is 0 Å². The molecule has 4 aliphatic rings. The second kappa shape index (κ2) is 10.2. The fraction of sp³-hybridized carbons (Fsp3) is 0.621. The van der Waals surface area contributed by atoms with Crippen molar-refractivity contribution in [3.63, 3.8) is 0 Å². The number of ketones is 1. The summed E-state index contributed by atoms with van der Waals surface area (Å²) in [5, 5.41) is 12.8. The van der Waals surface area contributed by atoms with Gasteiger partial charge in [0.1, 0.15) is 18.0 Å². The van der Waals surface area contributed by atoms with E-state index in [1.54, 1.807) is 7.11 Å². The quantitative estimate of drug-likeness (QED) is 0.417. The highest BCUT2D eigenvalue weighted by Gasteiger charge is 2.49. The van der Waals surface area contributed by atoms with Gasteiger partial charge in [-0.3, -0.25) is 9.69 Å². The minimum absolute atomic E-state index is 0.165. The van der Waals surface area contributed by atoms with E-state index < -0.39 is 6.10 Å². The number of fused-ring (bicyclic) bond motifs is 1. The smallest absolute Gasteiger partial charge is 0.165 e. The van der Waals surface area contributed by atoms with Gasteiger partial charge in [-0.2, -0.15) is 0 Å². The Balaban J connectivity index is 1.22. The number of aliphatic hydroxyl groups excluding tert-OH is 1. The molecule has 35 heavy (non-hydrogen) atoms. The van der Waals surface area contributed by atoms with E-state index in [9.17, 15) is 9.90 Å². The summed E-state index contributed by atoms with van der Waals surface area (Å²) in [7, 11) is 1.67. The minimum Gasteiger partial charge on any atom is -0.493 e. The van der Waals surface area contributed by atoms with Crippen LogP contribution in [0, 0.1) is 24.2 Å². The Morgan fingerprint density at radius 1 is 1.37 bits per heavy atom. The molecule has 0 bridgehead atoms. The third kappa shape index (κ3) is 4.63. The number of benzene rings is 1. The van der Waals surface area contributed by atoms with Crippen molar-refractivity contribution in [2.75, 3.05) is 20.2 Å². The van der Waals surface area contributed by atoms with Gasteiger partial charge in [-0.1, -0.05) is 31.4 Å². The molecule has 3 aliphatic heterocycles. The molecule has 5 rings (SSSR count). The predicted molar refractivity (Wildman–Crippen MR) is 140 cm³/mol. The zero-order chi connectivity index (χ0) is 24.6. The number of allylic oxidation sites excluding steroid dienone is 1. The Hall–Kier alpha value is -1.94. The molecule has 0 spiro atoms. The van der Waals surface area contributed by atoms with Crippen molar-refractivity contribution in [1.82, 2.24) is 4.90 Å². The zero-order valence-electron chi connectivity index (χ0n) is 20.9. The first kappa shape index (κ1) is 24.7. The van der Waals surface area contributed by atoms with Crippen LogP contribution in [0.1, 0.15) is 63.0 Å². The first-order valence-electron chi connectivity index (χ1n) is 13.0. The highest BCUT2D eigenvalue weighted by molar-refractivity contribution is 8.03. The zero-order valence-corrected chi connectivity index (χ0v) is 21.7. The van der Waals surface area contributed by atoms with Gasteiger partial charge in [0.2, 0.25) is 0 Å². The van der Waals surface area contributed by atoms with Crippen molar-refractivity contribution >= 4 is 17.5 Å². The second-order valence-electron chi connectivity index (χ2n) is 10.8. The molecule has 0 saturated heterocycles. The lowest BCUT2D eigenvalue weighted by atomic mass is 9.73. The number of terminal acetylenes is 1. The monoisotopic (exact) mass is 495 g/mol. The maximum atomic E-state index is 12.8. The summed E-state index contributed by atoms with van der Waals surface area (Å²) < 4.78 is 12.0. The number of carbonyl (C=O) groups excluding carboxylic acids is 1. The number of carbonyl (C=O) groups is 1. The van der Waals surface area contributed by atoms with Crippen LogP contribution in [0.4, 0.5) is 0 Å². The maximum absolute atomic E-state index is 12.8. The van der Waals surface area contributed by atoms with Crippen molar-refractivity contribution < 1.29 is 19.4 Å². The molecular formula is C29H37NO4S. The van der Waals surface area contributed by atoms with Crippen LogP contribution in [0.2, 0.25) is 0 Å². The third-order valence-electron chi connectivity index (χ3n) is 8.69. The lowest BCUT2D eigenvalue weighted by molar-refractivity contribution is -0.127. The van der Waals surface area contributed by atoms with Gasteiger partial charge in [0, 0.05) is 41.0 Å². The molecular weight excluding hydrogens is 458 g/mol. The molecule has 188 valence electrons. The SMILES string of the molecule is C#CC(O)C[C@@H]1Oc2c(OC)ccc3c2[C@@]1(C)CCN(CCCCC1CCC2SC=CC2C1=O)C3. The normalized spacial score (nSPS) is 32.3. The van der Waals surface area contributed by atoms with Gasteiger partial charge in [-0.05, 0) is 62.2 Å². The second-order valence-corrected chi connectivity index (χ2v) is 12.0. The van der Waals surface area contributed by atoms with E-state index in [-0.39, 0.29) is 23.4 Å². The molecule has 0 aromatic heterocycles. The van der Waals surface area contributed by atoms with Crippen LogP contribution < -0.4 is 9.47 Å². The Bertz CT molecular complexity index is 1030. The predicted octanol–water partition coefficient (Wildman–Crippen LogP) is 4.70. The molecule has 4 unspecified atom stereocenters. The Morgan fingerprint density at radius 3 is 3.03 bits per heavy atom. The largest absolute Gasteiger partial charge is 0.493 e. The molecule has 1 fully saturated rings. The van der Waals surface area contributed by atoms with Crippen LogP contribution in [0.25, 0.3) is 0 Å². The molecule has 0 radical (unpaired) electrons. The highest BCUT2D eigenvalue weighted by Crippen LogP contribution is 2.53. The van der Waals surface area contributed by atoms with Crippen LogP contribution in [0.3, 0.4) is 0 Å². The van der Waals surface area contributed by atoms with Gasteiger partial charge < -0.3 is 14.6 Å². The average Bonchev–Trinajstić information content (AvgIpc) is 3.41. The molecule has 0 amide bonds. The van der Waals surface area contributed by atoms with Crippen LogP contribution >= 0.6 is 11.8 Å². The molecule has 1 saturated carbocycles. The summed E-state index contributed by atoms with van der Waals surface area (Å²) in [6.07, 6.45) is 13.4. The number of ether oxygens (including phenoxy) is 2. The van der Waals surface area contributed by atoms with Crippen molar-refractivity contribution in [1.29, 1.82) is 0 Å². The summed E-state index contributed by atoms with van der Waals surface area (Å²) in [6.45, 7) is 5.12. The van der Waals surface area contributed by atoms with E-state index in [1.807, 2.05) is 17.8 Å². The van der Waals surface area contributed by atoms with E-state index >= 15 is 0 Å². The van der Waals surface area contributed by atoms with Crippen LogP contribution in [0.5, 0.6) is 11.5 Å². The van der Waals surface area contributed by atoms with E-state index in [4.69, 9.17) is 15.9 Å².